The first kappa shape index (κ1) is 20.7. The van der Waals surface area contributed by atoms with Crippen LogP contribution in [0.2, 0.25) is 0 Å². The molecule has 2 amide bonds. The highest BCUT2D eigenvalue weighted by atomic mass is 35.5. The van der Waals surface area contributed by atoms with E-state index in [0.717, 1.165) is 22.4 Å². The van der Waals surface area contributed by atoms with Crippen molar-refractivity contribution >= 4 is 46.6 Å². The van der Waals surface area contributed by atoms with Gasteiger partial charge in [-0.1, -0.05) is 24.3 Å². The quantitative estimate of drug-likeness (QED) is 0.674. The van der Waals surface area contributed by atoms with Crippen molar-refractivity contribution in [1.82, 2.24) is 0 Å². The van der Waals surface area contributed by atoms with Gasteiger partial charge >= 0.3 is 0 Å². The monoisotopic (exact) mass is 416 g/mol. The maximum absolute atomic E-state index is 12.7. The van der Waals surface area contributed by atoms with E-state index in [-0.39, 0.29) is 23.1 Å². The first-order chi connectivity index (χ1) is 13.2. The van der Waals surface area contributed by atoms with Gasteiger partial charge in [-0.2, -0.15) is 0 Å². The lowest BCUT2D eigenvalue weighted by molar-refractivity contribution is -0.123. The van der Waals surface area contributed by atoms with Crippen molar-refractivity contribution in [2.75, 3.05) is 21.8 Å². The molecule has 1 N–H and O–H groups in total. The van der Waals surface area contributed by atoms with Crippen molar-refractivity contribution in [3.63, 3.8) is 0 Å². The summed E-state index contributed by atoms with van der Waals surface area (Å²) in [7, 11) is 0. The first-order valence-corrected chi connectivity index (χ1v) is 10.8. The van der Waals surface area contributed by atoms with Gasteiger partial charge in [-0.15, -0.1) is 23.4 Å². The van der Waals surface area contributed by atoms with Gasteiger partial charge in [0.15, 0.2) is 0 Å². The van der Waals surface area contributed by atoms with Crippen LogP contribution in [0.3, 0.4) is 0 Å². The van der Waals surface area contributed by atoms with E-state index in [9.17, 15) is 9.59 Å². The van der Waals surface area contributed by atoms with Crippen molar-refractivity contribution in [1.29, 1.82) is 0 Å². The van der Waals surface area contributed by atoms with Gasteiger partial charge in [0, 0.05) is 17.3 Å². The maximum Gasteiger partial charge on any atom is 0.238 e. The second-order valence-electron chi connectivity index (χ2n) is 7.81. The van der Waals surface area contributed by atoms with Crippen molar-refractivity contribution in [3.8, 4) is 0 Å². The van der Waals surface area contributed by atoms with E-state index in [1.807, 2.05) is 62.9 Å². The molecule has 0 spiro atoms. The summed E-state index contributed by atoms with van der Waals surface area (Å²) in [5.41, 5.74) is 4.17. The Balaban J connectivity index is 1.91. The number of nitrogens with zero attached hydrogens (tertiary/aromatic N) is 1. The molecule has 0 unspecified atom stereocenters. The lowest BCUT2D eigenvalue weighted by atomic mass is 9.95. The van der Waals surface area contributed by atoms with Crippen LogP contribution in [0.15, 0.2) is 42.5 Å². The molecule has 0 aromatic heterocycles. The topological polar surface area (TPSA) is 49.4 Å². The summed E-state index contributed by atoms with van der Waals surface area (Å²) in [5.74, 6) is 0.655. The average molecular weight is 417 g/mol. The van der Waals surface area contributed by atoms with Gasteiger partial charge in [-0.05, 0) is 62.6 Å². The second kappa shape index (κ2) is 8.18. The van der Waals surface area contributed by atoms with E-state index in [4.69, 9.17) is 11.6 Å². The largest absolute Gasteiger partial charge is 0.326 e. The predicted octanol–water partition coefficient (Wildman–Crippen LogP) is 5.29. The zero-order chi connectivity index (χ0) is 20.5. The number of alkyl halides is 1. The summed E-state index contributed by atoms with van der Waals surface area (Å²) in [4.78, 5) is 27.0. The molecule has 3 rings (SSSR count). The molecular weight excluding hydrogens is 392 g/mol. The van der Waals surface area contributed by atoms with Crippen molar-refractivity contribution < 1.29 is 9.59 Å². The number of carbonyl (C=O) groups excluding carboxylic acids is 2. The number of anilines is 2. The van der Waals surface area contributed by atoms with Crippen LogP contribution in [-0.2, 0) is 9.59 Å². The van der Waals surface area contributed by atoms with Crippen LogP contribution in [0.25, 0.3) is 0 Å². The summed E-state index contributed by atoms with van der Waals surface area (Å²) >= 11 is 7.51. The van der Waals surface area contributed by atoms with Crippen molar-refractivity contribution in [3.05, 3.63) is 59.2 Å². The number of halogens is 1. The molecular formula is C22H25ClN2O2S. The first-order valence-electron chi connectivity index (χ1n) is 9.21. The molecule has 1 fully saturated rings. The average Bonchev–Trinajstić information content (AvgIpc) is 3.05. The Kier molecular flexibility index (Phi) is 6.06. The van der Waals surface area contributed by atoms with E-state index in [0.29, 0.717) is 11.4 Å². The number of rotatable bonds is 5. The Morgan fingerprint density at radius 1 is 1.25 bits per heavy atom. The Bertz CT molecular complexity index is 913. The van der Waals surface area contributed by atoms with E-state index in [2.05, 4.69) is 17.4 Å². The number of aryl methyl sites for hydroxylation is 2. The molecule has 0 aliphatic carbocycles. The minimum Gasteiger partial charge on any atom is -0.326 e. The number of hydrogen-bond donors (Lipinski definition) is 1. The Labute approximate surface area is 175 Å². The van der Waals surface area contributed by atoms with E-state index >= 15 is 0 Å². The fourth-order valence-electron chi connectivity index (χ4n) is 3.04. The number of amides is 2. The Morgan fingerprint density at radius 3 is 2.71 bits per heavy atom. The third-order valence-electron chi connectivity index (χ3n) is 4.87. The highest BCUT2D eigenvalue weighted by Crippen LogP contribution is 2.43. The van der Waals surface area contributed by atoms with Gasteiger partial charge in [-0.3, -0.25) is 14.5 Å². The number of nitrogens with one attached hydrogen (secondary N) is 1. The Hall–Kier alpha value is -1.98. The molecule has 2 aromatic rings. The minimum atomic E-state index is -0.652. The zero-order valence-electron chi connectivity index (χ0n) is 16.6. The van der Waals surface area contributed by atoms with E-state index < -0.39 is 5.41 Å². The molecule has 0 saturated carbocycles. The lowest BCUT2D eigenvalue weighted by Crippen LogP contribution is -2.32. The van der Waals surface area contributed by atoms with Crippen LogP contribution in [0, 0.1) is 19.3 Å². The van der Waals surface area contributed by atoms with Crippen LogP contribution >= 0.6 is 23.4 Å². The van der Waals surface area contributed by atoms with Crippen LogP contribution in [0.5, 0.6) is 0 Å². The van der Waals surface area contributed by atoms with Gasteiger partial charge in [0.1, 0.15) is 5.37 Å². The molecule has 0 bridgehead atoms. The molecule has 1 aliphatic rings. The van der Waals surface area contributed by atoms with Gasteiger partial charge in [0.05, 0.1) is 11.2 Å². The Morgan fingerprint density at radius 2 is 2.00 bits per heavy atom. The van der Waals surface area contributed by atoms with E-state index in [1.54, 1.807) is 11.8 Å². The van der Waals surface area contributed by atoms with Crippen molar-refractivity contribution in [2.45, 2.75) is 33.1 Å². The molecule has 1 atom stereocenters. The molecule has 1 heterocycles. The highest BCUT2D eigenvalue weighted by molar-refractivity contribution is 8.00. The number of carbonyl (C=O) groups is 2. The summed E-state index contributed by atoms with van der Waals surface area (Å²) in [6, 6.07) is 13.9. The number of hydrogen-bond acceptors (Lipinski definition) is 3. The molecule has 28 heavy (non-hydrogen) atoms. The van der Waals surface area contributed by atoms with Gasteiger partial charge < -0.3 is 5.32 Å². The second-order valence-corrected chi connectivity index (χ2v) is 9.15. The predicted molar refractivity (Wildman–Crippen MR) is 118 cm³/mol. The summed E-state index contributed by atoms with van der Waals surface area (Å²) < 4.78 is 0. The SMILES string of the molecule is Cc1ccc(C)c(N2C(=O)CS[C@@H]2c2cccc(NC(=O)C(C)(C)CCl)c2)c1. The molecule has 148 valence electrons. The van der Waals surface area contributed by atoms with Crippen LogP contribution in [-0.4, -0.2) is 23.4 Å². The van der Waals surface area contributed by atoms with E-state index in [1.165, 1.54) is 0 Å². The molecule has 2 aromatic carbocycles. The van der Waals surface area contributed by atoms with Crippen LogP contribution < -0.4 is 10.2 Å². The zero-order valence-corrected chi connectivity index (χ0v) is 18.2. The molecule has 6 heteroatoms. The molecule has 4 nitrogen and oxygen atoms in total. The van der Waals surface area contributed by atoms with Crippen LogP contribution in [0.1, 0.15) is 35.9 Å². The third kappa shape index (κ3) is 4.20. The number of thioether (sulfide) groups is 1. The highest BCUT2D eigenvalue weighted by Gasteiger charge is 2.35. The van der Waals surface area contributed by atoms with Gasteiger partial charge in [-0.25, -0.2) is 0 Å². The van der Waals surface area contributed by atoms with Crippen LogP contribution in [0.4, 0.5) is 11.4 Å². The fraction of sp³-hybridized carbons (Fsp3) is 0.364. The van der Waals surface area contributed by atoms with Gasteiger partial charge in [0.25, 0.3) is 0 Å². The summed E-state index contributed by atoms with van der Waals surface area (Å²) in [6.45, 7) is 7.67. The molecule has 1 aliphatic heterocycles. The fourth-order valence-corrected chi connectivity index (χ4v) is 4.32. The maximum atomic E-state index is 12.7. The summed E-state index contributed by atoms with van der Waals surface area (Å²) in [6.07, 6.45) is 0. The lowest BCUT2D eigenvalue weighted by Gasteiger charge is -2.27. The van der Waals surface area contributed by atoms with Crippen molar-refractivity contribution in [2.24, 2.45) is 5.41 Å². The third-order valence-corrected chi connectivity index (χ3v) is 6.75. The smallest absolute Gasteiger partial charge is 0.238 e. The minimum absolute atomic E-state index is 0.0985. The standard InChI is InChI=1S/C22H25ClN2O2S/c1-14-8-9-15(2)18(10-14)25-19(26)12-28-20(25)16-6-5-7-17(11-16)24-21(27)22(3,4)13-23/h5-11,20H,12-13H2,1-4H3,(H,24,27)/t20-/m1/s1. The normalized spacial score (nSPS) is 17.1. The molecule has 1 saturated heterocycles. The summed E-state index contributed by atoms with van der Waals surface area (Å²) in [5, 5.41) is 2.83. The number of benzene rings is 2. The van der Waals surface area contributed by atoms with Gasteiger partial charge in [0.2, 0.25) is 11.8 Å². The molecule has 0 radical (unpaired) electrons.